The van der Waals surface area contributed by atoms with Crippen LogP contribution in [0.3, 0.4) is 0 Å². The van der Waals surface area contributed by atoms with Gasteiger partial charge in [0.1, 0.15) is 0 Å². The quantitative estimate of drug-likeness (QED) is 0.629. The smallest absolute Gasteiger partial charge is 0.227 e. The first-order chi connectivity index (χ1) is 6.95. The van der Waals surface area contributed by atoms with Gasteiger partial charge in [0, 0.05) is 12.8 Å². The number of hydrogen-bond acceptors (Lipinski definition) is 5. The minimum absolute atomic E-state index is 0.000000000000000444. The van der Waals surface area contributed by atoms with Crippen LogP contribution < -0.4 is 5.43 Å². The lowest BCUT2D eigenvalue weighted by atomic mass is 10.5. The van der Waals surface area contributed by atoms with Crippen LogP contribution >= 0.6 is 34.8 Å². The molecule has 0 spiro atoms. The van der Waals surface area contributed by atoms with Crippen molar-refractivity contribution in [1.29, 1.82) is 0 Å². The van der Waals surface area contributed by atoms with Gasteiger partial charge in [-0.3, -0.25) is 0 Å². The molecule has 0 amide bonds. The molecule has 0 aliphatic heterocycles. The van der Waals surface area contributed by atoms with Crippen molar-refractivity contribution >= 4 is 40.5 Å². The Kier molecular flexibility index (Phi) is 7.29. The first-order valence-electron chi connectivity index (χ1n) is 3.86. The van der Waals surface area contributed by atoms with Gasteiger partial charge in [-0.05, 0) is 48.7 Å². The van der Waals surface area contributed by atoms with E-state index in [1.165, 1.54) is 0 Å². The fraction of sp³-hybridized carbons (Fsp3) is 0.429. The molecule has 1 N–H and O–H groups in total. The number of aromatic nitrogens is 3. The second-order valence-corrected chi connectivity index (χ2v) is 3.44. The maximum absolute atomic E-state index is 5.32. The van der Waals surface area contributed by atoms with Gasteiger partial charge < -0.3 is 5.43 Å². The molecule has 8 heteroatoms. The molecule has 0 bridgehead atoms. The van der Waals surface area contributed by atoms with Crippen LogP contribution in [0.5, 0.6) is 0 Å². The lowest BCUT2D eigenvalue weighted by Crippen LogP contribution is -1.96. The van der Waals surface area contributed by atoms with Crippen molar-refractivity contribution in [3.63, 3.8) is 0 Å². The molecule has 1 rings (SSSR count). The lowest BCUT2D eigenvalue weighted by Gasteiger charge is -1.88. The van der Waals surface area contributed by atoms with Crippen LogP contribution in [-0.2, 0) is 0 Å². The highest BCUT2D eigenvalue weighted by atomic mass is 35.5. The molecule has 0 atom stereocenters. The highest BCUT2D eigenvalue weighted by Crippen LogP contribution is 2.08. The van der Waals surface area contributed by atoms with E-state index in [2.05, 4.69) is 25.5 Å². The summed E-state index contributed by atoms with van der Waals surface area (Å²) in [5, 5.41) is 3.79. The van der Waals surface area contributed by atoms with E-state index in [4.69, 9.17) is 34.8 Å². The molecule has 15 heavy (non-hydrogen) atoms. The maximum atomic E-state index is 5.32. The number of hydrazone groups is 1. The highest BCUT2D eigenvalue weighted by molar-refractivity contribution is 6.33. The van der Waals surface area contributed by atoms with Crippen LogP contribution in [0.25, 0.3) is 0 Å². The summed E-state index contributed by atoms with van der Waals surface area (Å²) in [5.41, 5.74) is 3.71. The first-order valence-corrected chi connectivity index (χ1v) is 4.99. The predicted octanol–water partition coefficient (Wildman–Crippen LogP) is 2.43. The van der Waals surface area contributed by atoms with E-state index in [-0.39, 0.29) is 15.9 Å². The van der Waals surface area contributed by atoms with E-state index in [0.717, 1.165) is 5.71 Å². The SMILES string of the molecule is CNN=C(C)C.Clc1nc(Cl)nc(Cl)n1. The molecule has 5 nitrogen and oxygen atoms in total. The minimum atomic E-state index is 0.000000000000000444. The van der Waals surface area contributed by atoms with Gasteiger partial charge in [-0.25, -0.2) is 0 Å². The largest absolute Gasteiger partial charge is 0.313 e. The van der Waals surface area contributed by atoms with Gasteiger partial charge in [0.05, 0.1) is 0 Å². The van der Waals surface area contributed by atoms with Crippen molar-refractivity contribution in [2.24, 2.45) is 5.10 Å². The fourth-order valence-corrected chi connectivity index (χ4v) is 1.14. The van der Waals surface area contributed by atoms with Gasteiger partial charge in [-0.2, -0.15) is 20.1 Å². The predicted molar refractivity (Wildman–Crippen MR) is 62.7 cm³/mol. The van der Waals surface area contributed by atoms with Crippen LogP contribution in [0, 0.1) is 0 Å². The van der Waals surface area contributed by atoms with E-state index >= 15 is 0 Å². The molecule has 1 heterocycles. The van der Waals surface area contributed by atoms with Crippen molar-refractivity contribution in [1.82, 2.24) is 20.4 Å². The van der Waals surface area contributed by atoms with E-state index in [0.29, 0.717) is 0 Å². The summed E-state index contributed by atoms with van der Waals surface area (Å²) < 4.78 is 0. The molecular formula is C7H10Cl3N5. The van der Waals surface area contributed by atoms with Crippen molar-refractivity contribution in [3.8, 4) is 0 Å². The molecule has 1 aromatic heterocycles. The Hall–Kier alpha value is -0.650. The zero-order chi connectivity index (χ0) is 11.8. The van der Waals surface area contributed by atoms with Gasteiger partial charge >= 0.3 is 0 Å². The van der Waals surface area contributed by atoms with Crippen molar-refractivity contribution in [2.45, 2.75) is 13.8 Å². The standard InChI is InChI=1S/C4H10N2.C3Cl3N3/c1-4(2)6-5-3;4-1-7-2(5)9-3(6)8-1/h5H,1-3H3;. The number of nitrogens with zero attached hydrogens (tertiary/aromatic N) is 4. The molecule has 0 aliphatic carbocycles. The Morgan fingerprint density at radius 1 is 1.00 bits per heavy atom. The Bertz CT molecular complexity index is 287. The third-order valence-electron chi connectivity index (χ3n) is 0.889. The Morgan fingerprint density at radius 3 is 1.47 bits per heavy atom. The van der Waals surface area contributed by atoms with Crippen LogP contribution in [0.15, 0.2) is 5.10 Å². The Labute approximate surface area is 103 Å². The molecule has 0 aromatic carbocycles. The summed E-state index contributed by atoms with van der Waals surface area (Å²) in [6.45, 7) is 3.88. The molecule has 0 fully saturated rings. The summed E-state index contributed by atoms with van der Waals surface area (Å²) >= 11 is 16.0. The number of halogens is 3. The second-order valence-electron chi connectivity index (χ2n) is 2.43. The van der Waals surface area contributed by atoms with Gasteiger partial charge in [-0.1, -0.05) is 0 Å². The summed E-state index contributed by atoms with van der Waals surface area (Å²) in [5.74, 6) is 0. The van der Waals surface area contributed by atoms with E-state index in [9.17, 15) is 0 Å². The zero-order valence-electron chi connectivity index (χ0n) is 8.42. The molecule has 0 aliphatic rings. The van der Waals surface area contributed by atoms with Crippen molar-refractivity contribution in [2.75, 3.05) is 7.05 Å². The van der Waals surface area contributed by atoms with Gasteiger partial charge in [0.2, 0.25) is 15.9 Å². The van der Waals surface area contributed by atoms with Crippen LogP contribution in [0.4, 0.5) is 0 Å². The molecule has 1 aromatic rings. The molecule has 84 valence electrons. The van der Waals surface area contributed by atoms with Crippen LogP contribution in [0.2, 0.25) is 15.9 Å². The average Bonchev–Trinajstić information content (AvgIpc) is 2.00. The Balaban J connectivity index is 0.000000288. The van der Waals surface area contributed by atoms with E-state index in [1.54, 1.807) is 7.05 Å². The number of nitrogens with one attached hydrogen (secondary N) is 1. The summed E-state index contributed by atoms with van der Waals surface area (Å²) in [4.78, 5) is 10.4. The average molecular weight is 271 g/mol. The molecule has 0 radical (unpaired) electrons. The Morgan fingerprint density at radius 2 is 1.33 bits per heavy atom. The summed E-state index contributed by atoms with van der Waals surface area (Å²) in [6.07, 6.45) is 0. The molecule has 0 unspecified atom stereocenters. The minimum Gasteiger partial charge on any atom is -0.313 e. The third-order valence-corrected chi connectivity index (χ3v) is 1.40. The lowest BCUT2D eigenvalue weighted by molar-refractivity contribution is 0.898. The van der Waals surface area contributed by atoms with Crippen LogP contribution in [0.1, 0.15) is 13.8 Å². The van der Waals surface area contributed by atoms with E-state index < -0.39 is 0 Å². The third kappa shape index (κ3) is 8.35. The van der Waals surface area contributed by atoms with Gasteiger partial charge in [0.15, 0.2) is 0 Å². The van der Waals surface area contributed by atoms with Crippen molar-refractivity contribution in [3.05, 3.63) is 15.9 Å². The summed E-state index contributed by atoms with van der Waals surface area (Å²) in [6, 6.07) is 0. The van der Waals surface area contributed by atoms with Crippen molar-refractivity contribution < 1.29 is 0 Å². The zero-order valence-corrected chi connectivity index (χ0v) is 10.7. The first kappa shape index (κ1) is 14.3. The maximum Gasteiger partial charge on any atom is 0.227 e. The van der Waals surface area contributed by atoms with Gasteiger partial charge in [-0.15, -0.1) is 0 Å². The monoisotopic (exact) mass is 269 g/mol. The van der Waals surface area contributed by atoms with Crippen LogP contribution in [-0.4, -0.2) is 27.7 Å². The number of hydrogen-bond donors (Lipinski definition) is 1. The number of rotatable bonds is 1. The molecular weight excluding hydrogens is 260 g/mol. The summed E-state index contributed by atoms with van der Waals surface area (Å²) in [7, 11) is 1.78. The topological polar surface area (TPSA) is 63.1 Å². The molecule has 0 saturated carbocycles. The second kappa shape index (κ2) is 7.62. The highest BCUT2D eigenvalue weighted by Gasteiger charge is 1.97. The van der Waals surface area contributed by atoms with Gasteiger partial charge in [0.25, 0.3) is 0 Å². The normalized spacial score (nSPS) is 8.67. The molecule has 0 saturated heterocycles. The van der Waals surface area contributed by atoms with E-state index in [1.807, 2.05) is 13.8 Å². The fourth-order valence-electron chi connectivity index (χ4n) is 0.527.